The first-order chi connectivity index (χ1) is 15.0. The van der Waals surface area contributed by atoms with E-state index in [4.69, 9.17) is 9.15 Å². The molecule has 8 nitrogen and oxygen atoms in total. The van der Waals surface area contributed by atoms with Gasteiger partial charge in [-0.15, -0.1) is 0 Å². The van der Waals surface area contributed by atoms with Crippen LogP contribution in [0.3, 0.4) is 0 Å². The topological polar surface area (TPSA) is 106 Å². The Bertz CT molecular complexity index is 1300. The number of amides is 2. The molecule has 0 atom stereocenters. The first-order valence-corrected chi connectivity index (χ1v) is 9.58. The molecule has 0 aliphatic heterocycles. The molecule has 0 unspecified atom stereocenters. The number of furan rings is 1. The van der Waals surface area contributed by atoms with E-state index in [0.717, 1.165) is 16.4 Å². The van der Waals surface area contributed by atoms with Gasteiger partial charge in [0.1, 0.15) is 16.9 Å². The number of rotatable bonds is 6. The van der Waals surface area contributed by atoms with Gasteiger partial charge in [-0.1, -0.05) is 18.2 Å². The summed E-state index contributed by atoms with van der Waals surface area (Å²) in [5, 5.41) is 8.68. The van der Waals surface area contributed by atoms with Crippen LogP contribution in [0.25, 0.3) is 21.9 Å². The van der Waals surface area contributed by atoms with Gasteiger partial charge in [-0.2, -0.15) is 5.10 Å². The van der Waals surface area contributed by atoms with Crippen LogP contribution in [0.4, 0.5) is 5.69 Å². The second-order valence-corrected chi connectivity index (χ2v) is 6.90. The van der Waals surface area contributed by atoms with Crippen LogP contribution in [0.1, 0.15) is 23.7 Å². The number of hydrazone groups is 1. The molecule has 0 radical (unpaired) electrons. The van der Waals surface area contributed by atoms with Crippen molar-refractivity contribution in [2.75, 3.05) is 12.4 Å². The van der Waals surface area contributed by atoms with Crippen molar-refractivity contribution in [3.05, 3.63) is 66.5 Å². The molecule has 8 heteroatoms. The van der Waals surface area contributed by atoms with Crippen molar-refractivity contribution >= 4 is 45.2 Å². The summed E-state index contributed by atoms with van der Waals surface area (Å²) in [4.78, 5) is 28.4. The van der Waals surface area contributed by atoms with E-state index in [1.165, 1.54) is 6.20 Å². The summed E-state index contributed by atoms with van der Waals surface area (Å²) in [6.07, 6.45) is 3.01. The van der Waals surface area contributed by atoms with Crippen molar-refractivity contribution in [3.63, 3.8) is 0 Å². The maximum Gasteiger partial charge on any atom is 0.272 e. The summed E-state index contributed by atoms with van der Waals surface area (Å²) in [5.74, 6) is -0.178. The molecule has 0 aliphatic rings. The van der Waals surface area contributed by atoms with E-state index < -0.39 is 5.91 Å². The van der Waals surface area contributed by atoms with E-state index >= 15 is 0 Å². The third-order valence-corrected chi connectivity index (χ3v) is 4.66. The minimum absolute atomic E-state index is 0.00532. The van der Waals surface area contributed by atoms with Gasteiger partial charge in [0, 0.05) is 34.9 Å². The molecule has 2 aromatic heterocycles. The number of anilines is 1. The Hall–Kier alpha value is -4.20. The lowest BCUT2D eigenvalue weighted by Crippen LogP contribution is -2.21. The van der Waals surface area contributed by atoms with Crippen LogP contribution in [0.15, 0.2) is 70.4 Å². The highest BCUT2D eigenvalue weighted by atomic mass is 16.5. The third kappa shape index (κ3) is 4.37. The van der Waals surface area contributed by atoms with E-state index in [9.17, 15) is 9.59 Å². The molecular formula is C23H20N4O4. The molecule has 2 aromatic carbocycles. The van der Waals surface area contributed by atoms with Gasteiger partial charge in [0.25, 0.3) is 5.91 Å². The molecule has 31 heavy (non-hydrogen) atoms. The highest BCUT2D eigenvalue weighted by Crippen LogP contribution is 2.36. The fraction of sp³-hybridized carbons (Fsp3) is 0.130. The number of hydrogen-bond donors (Lipinski definition) is 2. The van der Waals surface area contributed by atoms with Gasteiger partial charge in [0.05, 0.1) is 24.8 Å². The smallest absolute Gasteiger partial charge is 0.272 e. The molecule has 0 bridgehead atoms. The van der Waals surface area contributed by atoms with Crippen LogP contribution >= 0.6 is 0 Å². The number of methoxy groups -OCH3 is 1. The second kappa shape index (κ2) is 8.66. The maximum absolute atomic E-state index is 12.5. The molecule has 0 saturated carbocycles. The highest BCUT2D eigenvalue weighted by molar-refractivity contribution is 6.10. The van der Waals surface area contributed by atoms with Crippen LogP contribution in [-0.2, 0) is 4.79 Å². The number of carbonyl (C=O) groups is 2. The van der Waals surface area contributed by atoms with Crippen LogP contribution in [0.2, 0.25) is 0 Å². The van der Waals surface area contributed by atoms with Gasteiger partial charge >= 0.3 is 0 Å². The molecule has 156 valence electrons. The number of para-hydroxylation sites is 1. The zero-order valence-corrected chi connectivity index (χ0v) is 17.0. The fourth-order valence-corrected chi connectivity index (χ4v) is 3.19. The minimum Gasteiger partial charge on any atom is -0.495 e. The van der Waals surface area contributed by atoms with Crippen molar-refractivity contribution in [1.29, 1.82) is 0 Å². The van der Waals surface area contributed by atoms with E-state index in [1.54, 1.807) is 38.4 Å². The lowest BCUT2D eigenvalue weighted by Gasteiger charge is -2.10. The van der Waals surface area contributed by atoms with E-state index in [2.05, 4.69) is 20.8 Å². The van der Waals surface area contributed by atoms with Crippen molar-refractivity contribution in [2.45, 2.75) is 13.3 Å². The molecule has 2 N–H and O–H groups in total. The van der Waals surface area contributed by atoms with Gasteiger partial charge in [-0.05, 0) is 31.2 Å². The maximum atomic E-state index is 12.5. The summed E-state index contributed by atoms with van der Waals surface area (Å²) in [6, 6.07) is 14.6. The molecule has 2 heterocycles. The molecule has 0 spiro atoms. The molecular weight excluding hydrogens is 396 g/mol. The van der Waals surface area contributed by atoms with Crippen molar-refractivity contribution < 1.29 is 18.7 Å². The minimum atomic E-state index is -0.398. The molecule has 0 fully saturated rings. The molecule has 0 aliphatic carbocycles. The summed E-state index contributed by atoms with van der Waals surface area (Å²) < 4.78 is 11.3. The Morgan fingerprint density at radius 2 is 1.94 bits per heavy atom. The number of ether oxygens (including phenoxy) is 1. The SMILES string of the molecule is COc1cc2c(cc1NC(=O)C/C(C)=N/NC(=O)c1cccnc1)oc1ccccc12. The first-order valence-electron chi connectivity index (χ1n) is 9.58. The van der Waals surface area contributed by atoms with E-state index in [1.807, 2.05) is 30.3 Å². The van der Waals surface area contributed by atoms with E-state index in [-0.39, 0.29) is 12.3 Å². The lowest BCUT2D eigenvalue weighted by atomic mass is 10.1. The number of carbonyl (C=O) groups excluding carboxylic acids is 2. The highest BCUT2D eigenvalue weighted by Gasteiger charge is 2.14. The largest absolute Gasteiger partial charge is 0.495 e. The number of aromatic nitrogens is 1. The van der Waals surface area contributed by atoms with E-state index in [0.29, 0.717) is 28.3 Å². The lowest BCUT2D eigenvalue weighted by molar-refractivity contribution is -0.115. The van der Waals surface area contributed by atoms with Crippen LogP contribution in [-0.4, -0.2) is 29.6 Å². The van der Waals surface area contributed by atoms with Gasteiger partial charge in [0.15, 0.2) is 0 Å². The quantitative estimate of drug-likeness (QED) is 0.363. The van der Waals surface area contributed by atoms with Crippen molar-refractivity contribution in [2.24, 2.45) is 5.10 Å². The number of benzene rings is 2. The Morgan fingerprint density at radius 1 is 1.10 bits per heavy atom. The monoisotopic (exact) mass is 416 g/mol. The van der Waals surface area contributed by atoms with Gasteiger partial charge in [0.2, 0.25) is 5.91 Å². The molecule has 4 rings (SSSR count). The Labute approximate surface area is 177 Å². The van der Waals surface area contributed by atoms with Crippen LogP contribution in [0.5, 0.6) is 5.75 Å². The molecule has 2 amide bonds. The number of hydrogen-bond acceptors (Lipinski definition) is 6. The first kappa shape index (κ1) is 20.1. The van der Waals surface area contributed by atoms with Crippen molar-refractivity contribution in [3.8, 4) is 5.75 Å². The number of pyridine rings is 1. The fourth-order valence-electron chi connectivity index (χ4n) is 3.19. The van der Waals surface area contributed by atoms with Crippen LogP contribution < -0.4 is 15.5 Å². The summed E-state index contributed by atoms with van der Waals surface area (Å²) in [5.41, 5.74) is 5.14. The Kier molecular flexibility index (Phi) is 5.61. The number of fused-ring (bicyclic) bond motifs is 3. The van der Waals surface area contributed by atoms with Crippen LogP contribution in [0, 0.1) is 0 Å². The zero-order valence-electron chi connectivity index (χ0n) is 17.0. The average molecular weight is 416 g/mol. The standard InChI is InChI=1S/C23H20N4O4/c1-14(26-27-23(29)15-6-5-9-24-13-15)10-22(28)25-18-12-20-17(11-21(18)30-2)16-7-3-4-8-19(16)31-20/h3-9,11-13H,10H2,1-2H3,(H,25,28)(H,27,29)/b26-14+. The number of nitrogens with zero attached hydrogens (tertiary/aromatic N) is 2. The molecule has 0 saturated heterocycles. The second-order valence-electron chi connectivity index (χ2n) is 6.90. The summed E-state index contributed by atoms with van der Waals surface area (Å²) in [6.45, 7) is 1.66. The molecule has 4 aromatic rings. The average Bonchev–Trinajstić information content (AvgIpc) is 3.14. The normalized spacial score (nSPS) is 11.5. The Balaban J connectivity index is 1.47. The Morgan fingerprint density at radius 3 is 2.71 bits per heavy atom. The summed E-state index contributed by atoms with van der Waals surface area (Å²) in [7, 11) is 1.54. The predicted molar refractivity (Wildman–Crippen MR) is 118 cm³/mol. The van der Waals surface area contributed by atoms with Gasteiger partial charge in [-0.25, -0.2) is 5.43 Å². The van der Waals surface area contributed by atoms with Gasteiger partial charge in [-0.3, -0.25) is 14.6 Å². The third-order valence-electron chi connectivity index (χ3n) is 4.66. The number of nitrogens with one attached hydrogen (secondary N) is 2. The zero-order chi connectivity index (χ0) is 21.8. The summed E-state index contributed by atoms with van der Waals surface area (Å²) >= 11 is 0. The predicted octanol–water partition coefficient (Wildman–Crippen LogP) is 4.12. The van der Waals surface area contributed by atoms with Gasteiger partial charge < -0.3 is 14.5 Å². The van der Waals surface area contributed by atoms with Crippen molar-refractivity contribution in [1.82, 2.24) is 10.4 Å².